The van der Waals surface area contributed by atoms with E-state index in [1.165, 1.54) is 12.0 Å². The molecule has 0 aliphatic carbocycles. The van der Waals surface area contributed by atoms with Crippen LogP contribution in [0.2, 0.25) is 0 Å². The van der Waals surface area contributed by atoms with Crippen molar-refractivity contribution in [2.24, 2.45) is 5.92 Å². The second-order valence-electron chi connectivity index (χ2n) is 7.29. The van der Waals surface area contributed by atoms with E-state index in [0.717, 1.165) is 69.5 Å². The van der Waals surface area contributed by atoms with Crippen molar-refractivity contribution in [1.29, 1.82) is 0 Å². The molecule has 1 atom stereocenters. The quantitative estimate of drug-likeness (QED) is 0.768. The number of pyridine rings is 1. The highest BCUT2D eigenvalue weighted by Crippen LogP contribution is 2.25. The van der Waals surface area contributed by atoms with Gasteiger partial charge in [-0.3, -0.25) is 4.98 Å². The number of nitrogens with one attached hydrogen (secondary N) is 2. The van der Waals surface area contributed by atoms with E-state index in [2.05, 4.69) is 20.5 Å². The maximum atomic E-state index is 5.20. The predicted octanol–water partition coefficient (Wildman–Crippen LogP) is 1.56. The van der Waals surface area contributed by atoms with Gasteiger partial charge in [0.2, 0.25) is 0 Å². The third kappa shape index (κ3) is 4.43. The van der Waals surface area contributed by atoms with Gasteiger partial charge in [-0.25, -0.2) is 9.97 Å². The van der Waals surface area contributed by atoms with Crippen molar-refractivity contribution in [3.8, 4) is 11.5 Å². The SMILES string of the molecule is COCCN1CCC(CNc2nc(-c3ccccn3)nc3c2CCNC3)C1. The second-order valence-corrected chi connectivity index (χ2v) is 7.29. The van der Waals surface area contributed by atoms with Gasteiger partial charge >= 0.3 is 0 Å². The number of anilines is 1. The van der Waals surface area contributed by atoms with Gasteiger partial charge in [-0.2, -0.15) is 0 Å². The predicted molar refractivity (Wildman–Crippen MR) is 106 cm³/mol. The molecule has 27 heavy (non-hydrogen) atoms. The third-order valence-electron chi connectivity index (χ3n) is 5.37. The van der Waals surface area contributed by atoms with Gasteiger partial charge in [-0.1, -0.05) is 6.07 Å². The van der Waals surface area contributed by atoms with E-state index < -0.39 is 0 Å². The minimum atomic E-state index is 0.646. The maximum Gasteiger partial charge on any atom is 0.180 e. The van der Waals surface area contributed by atoms with Crippen LogP contribution in [-0.2, 0) is 17.7 Å². The van der Waals surface area contributed by atoms with Gasteiger partial charge < -0.3 is 20.3 Å². The highest BCUT2D eigenvalue weighted by molar-refractivity contribution is 5.57. The maximum absolute atomic E-state index is 5.20. The van der Waals surface area contributed by atoms with Crippen LogP contribution in [0.25, 0.3) is 11.5 Å². The van der Waals surface area contributed by atoms with Crippen LogP contribution in [-0.4, -0.2) is 66.3 Å². The third-order valence-corrected chi connectivity index (χ3v) is 5.37. The number of fused-ring (bicyclic) bond motifs is 1. The van der Waals surface area contributed by atoms with Gasteiger partial charge in [0.25, 0.3) is 0 Å². The van der Waals surface area contributed by atoms with Crippen molar-refractivity contribution in [1.82, 2.24) is 25.2 Å². The van der Waals surface area contributed by atoms with Crippen LogP contribution in [0, 0.1) is 5.92 Å². The summed E-state index contributed by atoms with van der Waals surface area (Å²) < 4.78 is 5.20. The summed E-state index contributed by atoms with van der Waals surface area (Å²) in [6, 6.07) is 5.86. The minimum Gasteiger partial charge on any atom is -0.383 e. The fourth-order valence-corrected chi connectivity index (χ4v) is 3.86. The van der Waals surface area contributed by atoms with E-state index in [1.54, 1.807) is 13.3 Å². The van der Waals surface area contributed by atoms with E-state index in [4.69, 9.17) is 14.7 Å². The summed E-state index contributed by atoms with van der Waals surface area (Å²) in [5.41, 5.74) is 3.16. The molecule has 7 nitrogen and oxygen atoms in total. The van der Waals surface area contributed by atoms with Crippen molar-refractivity contribution in [2.45, 2.75) is 19.4 Å². The van der Waals surface area contributed by atoms with E-state index in [-0.39, 0.29) is 0 Å². The molecule has 2 aliphatic heterocycles. The zero-order valence-electron chi connectivity index (χ0n) is 15.9. The van der Waals surface area contributed by atoms with E-state index in [0.29, 0.717) is 11.7 Å². The van der Waals surface area contributed by atoms with Crippen molar-refractivity contribution < 1.29 is 4.74 Å². The lowest BCUT2D eigenvalue weighted by Crippen LogP contribution is -2.28. The summed E-state index contributed by atoms with van der Waals surface area (Å²) >= 11 is 0. The van der Waals surface area contributed by atoms with Crippen LogP contribution >= 0.6 is 0 Å². The molecule has 1 fully saturated rings. The molecular formula is C20H28N6O. The first kappa shape index (κ1) is 18.3. The Balaban J connectivity index is 1.48. The van der Waals surface area contributed by atoms with Gasteiger partial charge in [-0.15, -0.1) is 0 Å². The van der Waals surface area contributed by atoms with Crippen LogP contribution in [0.5, 0.6) is 0 Å². The number of hydrogen-bond donors (Lipinski definition) is 2. The molecule has 1 unspecified atom stereocenters. The number of hydrogen-bond acceptors (Lipinski definition) is 7. The van der Waals surface area contributed by atoms with E-state index in [9.17, 15) is 0 Å². The molecule has 1 saturated heterocycles. The Bertz CT molecular complexity index is 754. The van der Waals surface area contributed by atoms with Crippen LogP contribution in [0.15, 0.2) is 24.4 Å². The van der Waals surface area contributed by atoms with Crippen molar-refractivity contribution >= 4 is 5.82 Å². The fourth-order valence-electron chi connectivity index (χ4n) is 3.86. The summed E-state index contributed by atoms with van der Waals surface area (Å²) in [5, 5.41) is 7.05. The first-order chi connectivity index (χ1) is 13.3. The highest BCUT2D eigenvalue weighted by Gasteiger charge is 2.23. The minimum absolute atomic E-state index is 0.646. The van der Waals surface area contributed by atoms with Gasteiger partial charge in [0.15, 0.2) is 5.82 Å². The molecule has 0 saturated carbocycles. The average Bonchev–Trinajstić information content (AvgIpc) is 3.18. The van der Waals surface area contributed by atoms with Crippen LogP contribution in [0.3, 0.4) is 0 Å². The van der Waals surface area contributed by atoms with Gasteiger partial charge in [-0.05, 0) is 44.0 Å². The van der Waals surface area contributed by atoms with Crippen LogP contribution < -0.4 is 10.6 Å². The summed E-state index contributed by atoms with van der Waals surface area (Å²) in [7, 11) is 1.77. The topological polar surface area (TPSA) is 75.2 Å². The molecule has 0 aromatic carbocycles. The molecule has 4 heterocycles. The lowest BCUT2D eigenvalue weighted by Gasteiger charge is -2.22. The lowest BCUT2D eigenvalue weighted by atomic mass is 10.1. The molecular weight excluding hydrogens is 340 g/mol. The summed E-state index contributed by atoms with van der Waals surface area (Å²) in [6.45, 7) is 6.81. The van der Waals surface area contributed by atoms with Crippen molar-refractivity contribution in [3.05, 3.63) is 35.7 Å². The molecule has 2 N–H and O–H groups in total. The van der Waals surface area contributed by atoms with Crippen molar-refractivity contribution in [2.75, 3.05) is 51.8 Å². The van der Waals surface area contributed by atoms with Gasteiger partial charge in [0.1, 0.15) is 11.5 Å². The first-order valence-corrected chi connectivity index (χ1v) is 9.80. The number of aromatic nitrogens is 3. The van der Waals surface area contributed by atoms with E-state index >= 15 is 0 Å². The second kappa shape index (κ2) is 8.73. The molecule has 0 spiro atoms. The van der Waals surface area contributed by atoms with Crippen LogP contribution in [0.1, 0.15) is 17.7 Å². The molecule has 2 aliphatic rings. The Labute approximate surface area is 160 Å². The molecule has 2 aromatic heterocycles. The molecule has 144 valence electrons. The van der Waals surface area contributed by atoms with Crippen molar-refractivity contribution in [3.63, 3.8) is 0 Å². The standard InChI is InChI=1S/C20H28N6O/c1-27-11-10-26-9-6-15(14-26)12-23-19-16-5-8-21-13-18(16)24-20(25-19)17-4-2-3-7-22-17/h2-4,7,15,21H,5-6,8-14H2,1H3,(H,23,24,25). The summed E-state index contributed by atoms with van der Waals surface area (Å²) in [5.74, 6) is 2.33. The highest BCUT2D eigenvalue weighted by atomic mass is 16.5. The molecule has 0 radical (unpaired) electrons. The average molecular weight is 368 g/mol. The first-order valence-electron chi connectivity index (χ1n) is 9.80. The lowest BCUT2D eigenvalue weighted by molar-refractivity contribution is 0.159. The van der Waals surface area contributed by atoms with E-state index in [1.807, 2.05) is 18.2 Å². The molecule has 0 amide bonds. The van der Waals surface area contributed by atoms with Crippen LogP contribution in [0.4, 0.5) is 5.82 Å². The summed E-state index contributed by atoms with van der Waals surface area (Å²) in [4.78, 5) is 16.5. The molecule has 4 rings (SSSR count). The normalized spacial score (nSPS) is 19.8. The van der Waals surface area contributed by atoms with Gasteiger partial charge in [0, 0.05) is 45.0 Å². The zero-order valence-corrected chi connectivity index (χ0v) is 15.9. The Hall–Kier alpha value is -2.09. The molecule has 0 bridgehead atoms. The number of nitrogens with zero attached hydrogens (tertiary/aromatic N) is 4. The Morgan fingerprint density at radius 3 is 3.15 bits per heavy atom. The molecule has 7 heteroatoms. The monoisotopic (exact) mass is 368 g/mol. The van der Waals surface area contributed by atoms with Gasteiger partial charge in [0.05, 0.1) is 12.3 Å². The number of rotatable bonds is 7. The summed E-state index contributed by atoms with van der Waals surface area (Å²) in [6.07, 6.45) is 3.97. The smallest absolute Gasteiger partial charge is 0.180 e. The fraction of sp³-hybridized carbons (Fsp3) is 0.550. The Kier molecular flexibility index (Phi) is 5.91. The zero-order chi connectivity index (χ0) is 18.5. The Morgan fingerprint density at radius 1 is 1.33 bits per heavy atom. The number of methoxy groups -OCH3 is 1. The Morgan fingerprint density at radius 2 is 2.30 bits per heavy atom. The number of likely N-dealkylation sites (tertiary alicyclic amines) is 1. The molecule has 2 aromatic rings. The number of ether oxygens (including phenoxy) is 1. The largest absolute Gasteiger partial charge is 0.383 e.